The van der Waals surface area contributed by atoms with Crippen LogP contribution < -0.4 is 5.32 Å². The smallest absolute Gasteiger partial charge is 0.0794 e. The molecule has 2 rings (SSSR count). The first kappa shape index (κ1) is 13.2. The van der Waals surface area contributed by atoms with Gasteiger partial charge in [-0.3, -0.25) is 9.67 Å². The van der Waals surface area contributed by atoms with Gasteiger partial charge >= 0.3 is 0 Å². The molecule has 0 saturated heterocycles. The number of nitrogens with zero attached hydrogens (tertiary/aromatic N) is 3. The summed E-state index contributed by atoms with van der Waals surface area (Å²) in [5.74, 6) is 0. The van der Waals surface area contributed by atoms with Crippen LogP contribution in [0, 0.1) is 0 Å². The Morgan fingerprint density at radius 2 is 2.17 bits per heavy atom. The van der Waals surface area contributed by atoms with Crippen LogP contribution in [-0.4, -0.2) is 14.8 Å². The summed E-state index contributed by atoms with van der Waals surface area (Å²) in [5.41, 5.74) is 2.96. The molecule has 5 heteroatoms. The van der Waals surface area contributed by atoms with Crippen molar-refractivity contribution in [3.8, 4) is 0 Å². The standard InChI is InChI=1S/C13H20N4S/c1-3-12(4-2)17-6-5-11(16-17)7-14-8-13-9-15-10-18-13/h5-6,9-10,12,14H,3-4,7-8H2,1-2H3. The second kappa shape index (κ2) is 6.66. The zero-order chi connectivity index (χ0) is 12.8. The highest BCUT2D eigenvalue weighted by atomic mass is 32.1. The molecule has 2 aromatic heterocycles. The number of aromatic nitrogens is 3. The molecule has 0 spiro atoms. The highest BCUT2D eigenvalue weighted by Crippen LogP contribution is 2.14. The number of rotatable bonds is 7. The number of hydrogen-bond donors (Lipinski definition) is 1. The van der Waals surface area contributed by atoms with Gasteiger partial charge in [-0.2, -0.15) is 5.10 Å². The fraction of sp³-hybridized carbons (Fsp3) is 0.538. The zero-order valence-corrected chi connectivity index (χ0v) is 11.8. The highest BCUT2D eigenvalue weighted by Gasteiger charge is 2.07. The average Bonchev–Trinajstić information content (AvgIpc) is 3.03. The molecule has 98 valence electrons. The van der Waals surface area contributed by atoms with Crippen LogP contribution in [0.15, 0.2) is 24.0 Å². The van der Waals surface area contributed by atoms with E-state index in [1.165, 1.54) is 4.88 Å². The number of hydrogen-bond acceptors (Lipinski definition) is 4. The summed E-state index contributed by atoms with van der Waals surface area (Å²) in [6.07, 6.45) is 6.25. The molecule has 0 aliphatic carbocycles. The van der Waals surface area contributed by atoms with Gasteiger partial charge in [0, 0.05) is 30.4 Å². The SMILES string of the molecule is CCC(CC)n1ccc(CNCc2cncs2)n1. The molecular weight excluding hydrogens is 244 g/mol. The predicted octanol–water partition coefficient (Wildman–Crippen LogP) is 2.99. The van der Waals surface area contributed by atoms with Gasteiger partial charge in [-0.15, -0.1) is 11.3 Å². The molecule has 0 bridgehead atoms. The molecule has 0 radical (unpaired) electrons. The van der Waals surface area contributed by atoms with Gasteiger partial charge < -0.3 is 5.32 Å². The topological polar surface area (TPSA) is 42.7 Å². The van der Waals surface area contributed by atoms with Gasteiger partial charge in [0.25, 0.3) is 0 Å². The fourth-order valence-corrected chi connectivity index (χ4v) is 2.55. The van der Waals surface area contributed by atoms with Gasteiger partial charge in [-0.25, -0.2) is 0 Å². The molecule has 0 atom stereocenters. The number of nitrogens with one attached hydrogen (secondary N) is 1. The monoisotopic (exact) mass is 264 g/mol. The Bertz CT molecular complexity index is 445. The van der Waals surface area contributed by atoms with Crippen molar-refractivity contribution in [3.63, 3.8) is 0 Å². The quantitative estimate of drug-likeness (QED) is 0.836. The van der Waals surface area contributed by atoms with Crippen molar-refractivity contribution in [1.29, 1.82) is 0 Å². The van der Waals surface area contributed by atoms with Crippen molar-refractivity contribution in [2.45, 2.75) is 45.8 Å². The van der Waals surface area contributed by atoms with E-state index in [0.717, 1.165) is 31.6 Å². The maximum Gasteiger partial charge on any atom is 0.0794 e. The molecule has 0 aliphatic rings. The largest absolute Gasteiger partial charge is 0.306 e. The van der Waals surface area contributed by atoms with Crippen molar-refractivity contribution in [2.75, 3.05) is 0 Å². The summed E-state index contributed by atoms with van der Waals surface area (Å²) in [6, 6.07) is 2.62. The zero-order valence-electron chi connectivity index (χ0n) is 11.0. The summed E-state index contributed by atoms with van der Waals surface area (Å²) in [4.78, 5) is 5.31. The van der Waals surface area contributed by atoms with Crippen LogP contribution in [-0.2, 0) is 13.1 Å². The Hall–Kier alpha value is -1.20. The first-order valence-corrected chi connectivity index (χ1v) is 7.33. The van der Waals surface area contributed by atoms with E-state index < -0.39 is 0 Å². The molecule has 0 amide bonds. The van der Waals surface area contributed by atoms with Gasteiger partial charge in [-0.05, 0) is 18.9 Å². The lowest BCUT2D eigenvalue weighted by Gasteiger charge is -2.12. The van der Waals surface area contributed by atoms with Crippen LogP contribution in [0.3, 0.4) is 0 Å². The normalized spacial score (nSPS) is 11.3. The molecule has 4 nitrogen and oxygen atoms in total. The average molecular weight is 264 g/mol. The molecular formula is C13H20N4S. The maximum absolute atomic E-state index is 4.61. The molecule has 0 saturated carbocycles. The molecule has 2 heterocycles. The van der Waals surface area contributed by atoms with Crippen LogP contribution in [0.25, 0.3) is 0 Å². The minimum Gasteiger partial charge on any atom is -0.306 e. The van der Waals surface area contributed by atoms with E-state index in [1.807, 2.05) is 11.7 Å². The second-order valence-electron chi connectivity index (χ2n) is 4.33. The van der Waals surface area contributed by atoms with E-state index in [4.69, 9.17) is 0 Å². The van der Waals surface area contributed by atoms with Crippen LogP contribution >= 0.6 is 11.3 Å². The van der Waals surface area contributed by atoms with E-state index >= 15 is 0 Å². The Labute approximate surface area is 112 Å². The summed E-state index contributed by atoms with van der Waals surface area (Å²) in [5, 5.41) is 8.00. The van der Waals surface area contributed by atoms with E-state index in [9.17, 15) is 0 Å². The molecule has 0 aliphatic heterocycles. The maximum atomic E-state index is 4.61. The summed E-state index contributed by atoms with van der Waals surface area (Å²) in [7, 11) is 0. The number of thiazole rings is 1. The minimum atomic E-state index is 0.528. The van der Waals surface area contributed by atoms with E-state index in [2.05, 4.69) is 46.2 Å². The van der Waals surface area contributed by atoms with Crippen LogP contribution in [0.5, 0.6) is 0 Å². The lowest BCUT2D eigenvalue weighted by Crippen LogP contribution is -2.13. The molecule has 18 heavy (non-hydrogen) atoms. The third kappa shape index (κ3) is 3.40. The molecule has 0 unspecified atom stereocenters. The Balaban J connectivity index is 1.83. The molecule has 2 aromatic rings. The minimum absolute atomic E-state index is 0.528. The summed E-state index contributed by atoms with van der Waals surface area (Å²) < 4.78 is 2.09. The van der Waals surface area contributed by atoms with Crippen LogP contribution in [0.1, 0.15) is 43.3 Å². The van der Waals surface area contributed by atoms with Crippen LogP contribution in [0.2, 0.25) is 0 Å². The van der Waals surface area contributed by atoms with Crippen molar-refractivity contribution in [2.24, 2.45) is 0 Å². The Morgan fingerprint density at radius 1 is 1.33 bits per heavy atom. The molecule has 0 aromatic carbocycles. The second-order valence-corrected chi connectivity index (χ2v) is 5.30. The van der Waals surface area contributed by atoms with Crippen molar-refractivity contribution in [3.05, 3.63) is 34.5 Å². The third-order valence-corrected chi connectivity index (χ3v) is 3.85. The fourth-order valence-electron chi connectivity index (χ4n) is 1.98. The summed E-state index contributed by atoms with van der Waals surface area (Å²) in [6.45, 7) is 6.09. The van der Waals surface area contributed by atoms with Gasteiger partial charge in [0.05, 0.1) is 17.2 Å². The highest BCUT2D eigenvalue weighted by molar-refractivity contribution is 7.09. The van der Waals surface area contributed by atoms with E-state index in [-0.39, 0.29) is 0 Å². The lowest BCUT2D eigenvalue weighted by molar-refractivity contribution is 0.424. The van der Waals surface area contributed by atoms with Gasteiger partial charge in [-0.1, -0.05) is 13.8 Å². The van der Waals surface area contributed by atoms with Crippen molar-refractivity contribution in [1.82, 2.24) is 20.1 Å². The van der Waals surface area contributed by atoms with Crippen molar-refractivity contribution >= 4 is 11.3 Å². The Kier molecular flexibility index (Phi) is 4.90. The van der Waals surface area contributed by atoms with Gasteiger partial charge in [0.15, 0.2) is 0 Å². The molecule has 0 fully saturated rings. The van der Waals surface area contributed by atoms with Gasteiger partial charge in [0.1, 0.15) is 0 Å². The Morgan fingerprint density at radius 3 is 2.83 bits per heavy atom. The van der Waals surface area contributed by atoms with E-state index in [0.29, 0.717) is 6.04 Å². The van der Waals surface area contributed by atoms with Crippen LogP contribution in [0.4, 0.5) is 0 Å². The third-order valence-electron chi connectivity index (χ3n) is 3.07. The lowest BCUT2D eigenvalue weighted by atomic mass is 10.2. The first-order chi connectivity index (χ1) is 8.83. The first-order valence-electron chi connectivity index (χ1n) is 6.45. The van der Waals surface area contributed by atoms with E-state index in [1.54, 1.807) is 11.3 Å². The van der Waals surface area contributed by atoms with Crippen molar-refractivity contribution < 1.29 is 0 Å². The predicted molar refractivity (Wildman–Crippen MR) is 74.5 cm³/mol. The molecule has 1 N–H and O–H groups in total. The van der Waals surface area contributed by atoms with Gasteiger partial charge in [0.2, 0.25) is 0 Å². The summed E-state index contributed by atoms with van der Waals surface area (Å²) >= 11 is 1.68.